The van der Waals surface area contributed by atoms with Crippen molar-refractivity contribution in [3.8, 4) is 11.5 Å². The lowest BCUT2D eigenvalue weighted by Crippen LogP contribution is -2.13. The van der Waals surface area contributed by atoms with Gasteiger partial charge >= 0.3 is 0 Å². The van der Waals surface area contributed by atoms with Gasteiger partial charge < -0.3 is 15.2 Å². The normalized spacial score (nSPS) is 11.8. The Morgan fingerprint density at radius 1 is 1.07 bits per heavy atom. The zero-order chi connectivity index (χ0) is 20.9. The van der Waals surface area contributed by atoms with Gasteiger partial charge in [0, 0.05) is 22.8 Å². The summed E-state index contributed by atoms with van der Waals surface area (Å²) in [6, 6.07) is 21.0. The van der Waals surface area contributed by atoms with Crippen LogP contribution in [-0.4, -0.2) is 21.7 Å². The number of nitrogens with zero attached hydrogens (tertiary/aromatic N) is 2. The van der Waals surface area contributed by atoms with Crippen molar-refractivity contribution in [2.45, 2.75) is 13.0 Å². The number of nitrogens with one attached hydrogen (secondary N) is 1. The smallest absolute Gasteiger partial charge is 0.147 e. The summed E-state index contributed by atoms with van der Waals surface area (Å²) in [5, 5.41) is 15.4. The zero-order valence-corrected chi connectivity index (χ0v) is 16.7. The molecule has 2 aromatic heterocycles. The van der Waals surface area contributed by atoms with E-state index in [0.717, 1.165) is 28.0 Å². The first-order chi connectivity index (χ1) is 14.7. The second-order valence-corrected chi connectivity index (χ2v) is 6.99. The molecule has 0 aliphatic rings. The summed E-state index contributed by atoms with van der Waals surface area (Å²) in [5.41, 5.74) is 3.14. The molecule has 1 atom stereocenters. The molecule has 0 fully saturated rings. The Morgan fingerprint density at radius 3 is 2.60 bits per heavy atom. The van der Waals surface area contributed by atoms with E-state index < -0.39 is 0 Å². The minimum atomic E-state index is -0.319. The molecule has 5 heteroatoms. The third-order valence-corrected chi connectivity index (χ3v) is 4.86. The van der Waals surface area contributed by atoms with Gasteiger partial charge in [-0.3, -0.25) is 0 Å². The van der Waals surface area contributed by atoms with Crippen LogP contribution in [0.4, 0.5) is 5.82 Å². The molecule has 5 nitrogen and oxygen atoms in total. The molecule has 150 valence electrons. The Bertz CT molecular complexity index is 1160. The van der Waals surface area contributed by atoms with Gasteiger partial charge in [0.2, 0.25) is 0 Å². The van der Waals surface area contributed by atoms with Gasteiger partial charge in [0.1, 0.15) is 29.4 Å². The molecule has 2 heterocycles. The van der Waals surface area contributed by atoms with Gasteiger partial charge in [0.05, 0.1) is 6.04 Å². The topological polar surface area (TPSA) is 67.3 Å². The maximum atomic E-state index is 11.1. The molecule has 0 saturated carbocycles. The highest BCUT2D eigenvalue weighted by molar-refractivity contribution is 5.86. The SMILES string of the molecule is C=CCOc1ccc(C(Nc2ccccn2)c2ccc3ccc(C)nc3c2O)cc1. The molecular formula is C25H23N3O2. The fraction of sp³-hybridized carbons (Fsp3) is 0.120. The van der Waals surface area contributed by atoms with E-state index in [4.69, 9.17) is 4.74 Å². The van der Waals surface area contributed by atoms with E-state index >= 15 is 0 Å². The first-order valence-corrected chi connectivity index (χ1v) is 9.76. The molecular weight excluding hydrogens is 374 g/mol. The van der Waals surface area contributed by atoms with E-state index in [-0.39, 0.29) is 11.8 Å². The van der Waals surface area contributed by atoms with Crippen molar-refractivity contribution in [3.63, 3.8) is 0 Å². The van der Waals surface area contributed by atoms with E-state index in [2.05, 4.69) is 21.9 Å². The van der Waals surface area contributed by atoms with Crippen LogP contribution >= 0.6 is 0 Å². The zero-order valence-electron chi connectivity index (χ0n) is 16.7. The maximum absolute atomic E-state index is 11.1. The molecule has 0 spiro atoms. The van der Waals surface area contributed by atoms with Gasteiger partial charge in [-0.05, 0) is 42.8 Å². The molecule has 4 rings (SSSR count). The van der Waals surface area contributed by atoms with Crippen LogP contribution in [0.5, 0.6) is 11.5 Å². The third-order valence-electron chi connectivity index (χ3n) is 4.86. The summed E-state index contributed by atoms with van der Waals surface area (Å²) >= 11 is 0. The molecule has 0 radical (unpaired) electrons. The average molecular weight is 397 g/mol. The first kappa shape index (κ1) is 19.5. The van der Waals surface area contributed by atoms with Crippen LogP contribution < -0.4 is 10.1 Å². The largest absolute Gasteiger partial charge is 0.505 e. The Labute approximate surface area is 175 Å². The Morgan fingerprint density at radius 2 is 1.87 bits per heavy atom. The lowest BCUT2D eigenvalue weighted by molar-refractivity contribution is 0.363. The van der Waals surface area contributed by atoms with E-state index in [0.29, 0.717) is 17.9 Å². The van der Waals surface area contributed by atoms with Crippen molar-refractivity contribution < 1.29 is 9.84 Å². The van der Waals surface area contributed by atoms with E-state index in [1.807, 2.05) is 73.7 Å². The van der Waals surface area contributed by atoms with Crippen LogP contribution in [0, 0.1) is 6.92 Å². The molecule has 0 saturated heterocycles. The molecule has 0 aliphatic carbocycles. The maximum Gasteiger partial charge on any atom is 0.147 e. The van der Waals surface area contributed by atoms with Crippen LogP contribution in [0.1, 0.15) is 22.9 Å². The summed E-state index contributed by atoms with van der Waals surface area (Å²) in [4.78, 5) is 8.93. The number of anilines is 1. The number of rotatable bonds is 7. The Hall–Kier alpha value is -3.86. The minimum absolute atomic E-state index is 0.164. The number of aromatic hydroxyl groups is 1. The van der Waals surface area contributed by atoms with Crippen LogP contribution in [0.3, 0.4) is 0 Å². The molecule has 0 amide bonds. The van der Waals surface area contributed by atoms with Crippen LogP contribution in [0.2, 0.25) is 0 Å². The van der Waals surface area contributed by atoms with Gasteiger partial charge in [0.15, 0.2) is 0 Å². The Kier molecular flexibility index (Phi) is 5.61. The standard InChI is InChI=1S/C25H23N3O2/c1-3-16-30-20-12-9-18(10-13-20)23(28-22-6-4-5-15-26-22)21-14-11-19-8-7-17(2)27-24(19)25(21)29/h3-15,23,29H,1,16H2,2H3,(H,26,28). The van der Waals surface area contributed by atoms with E-state index in [9.17, 15) is 5.11 Å². The number of phenolic OH excluding ortho intramolecular Hbond substituents is 1. The van der Waals surface area contributed by atoms with E-state index in [1.54, 1.807) is 12.3 Å². The van der Waals surface area contributed by atoms with Crippen molar-refractivity contribution in [2.24, 2.45) is 0 Å². The second-order valence-electron chi connectivity index (χ2n) is 6.99. The molecule has 30 heavy (non-hydrogen) atoms. The highest BCUT2D eigenvalue weighted by atomic mass is 16.5. The number of aryl methyl sites for hydroxylation is 1. The fourth-order valence-corrected chi connectivity index (χ4v) is 3.37. The van der Waals surface area contributed by atoms with Crippen LogP contribution in [0.25, 0.3) is 10.9 Å². The second kappa shape index (κ2) is 8.66. The molecule has 1 unspecified atom stereocenters. The number of hydrogen-bond acceptors (Lipinski definition) is 5. The van der Waals surface area contributed by atoms with Gasteiger partial charge in [-0.2, -0.15) is 0 Å². The Balaban J connectivity index is 1.78. The third kappa shape index (κ3) is 4.10. The fourth-order valence-electron chi connectivity index (χ4n) is 3.37. The number of phenols is 1. The molecule has 0 bridgehead atoms. The summed E-state index contributed by atoms with van der Waals surface area (Å²) in [6.07, 6.45) is 3.44. The number of ether oxygens (including phenoxy) is 1. The summed E-state index contributed by atoms with van der Waals surface area (Å²) < 4.78 is 5.60. The van der Waals surface area contributed by atoms with Gasteiger partial charge in [-0.1, -0.05) is 49.1 Å². The van der Waals surface area contributed by atoms with Crippen molar-refractivity contribution in [1.29, 1.82) is 0 Å². The van der Waals surface area contributed by atoms with Crippen LogP contribution in [-0.2, 0) is 0 Å². The number of benzene rings is 2. The van der Waals surface area contributed by atoms with Gasteiger partial charge in [-0.15, -0.1) is 0 Å². The highest BCUT2D eigenvalue weighted by Crippen LogP contribution is 2.36. The number of fused-ring (bicyclic) bond motifs is 1. The molecule has 2 N–H and O–H groups in total. The van der Waals surface area contributed by atoms with Crippen molar-refractivity contribution in [2.75, 3.05) is 11.9 Å². The summed E-state index contributed by atoms with van der Waals surface area (Å²) in [7, 11) is 0. The molecule has 2 aromatic carbocycles. The van der Waals surface area contributed by atoms with Gasteiger partial charge in [-0.25, -0.2) is 9.97 Å². The van der Waals surface area contributed by atoms with Crippen LogP contribution in [0.15, 0.2) is 85.6 Å². The lowest BCUT2D eigenvalue weighted by Gasteiger charge is -2.22. The highest BCUT2D eigenvalue weighted by Gasteiger charge is 2.20. The minimum Gasteiger partial charge on any atom is -0.505 e. The van der Waals surface area contributed by atoms with Crippen molar-refractivity contribution >= 4 is 16.7 Å². The predicted molar refractivity (Wildman–Crippen MR) is 120 cm³/mol. The lowest BCUT2D eigenvalue weighted by atomic mass is 9.96. The number of hydrogen-bond donors (Lipinski definition) is 2. The summed E-state index contributed by atoms with van der Waals surface area (Å²) in [5.74, 6) is 1.64. The monoisotopic (exact) mass is 397 g/mol. The number of aromatic nitrogens is 2. The number of pyridine rings is 2. The molecule has 4 aromatic rings. The average Bonchev–Trinajstić information content (AvgIpc) is 2.78. The van der Waals surface area contributed by atoms with Gasteiger partial charge in [0.25, 0.3) is 0 Å². The first-order valence-electron chi connectivity index (χ1n) is 9.76. The van der Waals surface area contributed by atoms with E-state index in [1.165, 1.54) is 0 Å². The van der Waals surface area contributed by atoms with Crippen molar-refractivity contribution in [3.05, 3.63) is 102 Å². The molecule has 0 aliphatic heterocycles. The quantitative estimate of drug-likeness (QED) is 0.408. The predicted octanol–water partition coefficient (Wildman–Crippen LogP) is 5.41. The van der Waals surface area contributed by atoms with Crippen molar-refractivity contribution in [1.82, 2.24) is 9.97 Å². The summed E-state index contributed by atoms with van der Waals surface area (Å²) in [6.45, 7) is 6.04.